The summed E-state index contributed by atoms with van der Waals surface area (Å²) in [6.45, 7) is 2.10. The lowest BCUT2D eigenvalue weighted by molar-refractivity contribution is -0.385. The number of hydrogen-bond acceptors (Lipinski definition) is 7. The maximum absolute atomic E-state index is 11.3. The summed E-state index contributed by atoms with van der Waals surface area (Å²) in [6, 6.07) is 11.0. The van der Waals surface area contributed by atoms with Crippen LogP contribution < -0.4 is 10.1 Å². The van der Waals surface area contributed by atoms with Gasteiger partial charge in [-0.1, -0.05) is 0 Å². The van der Waals surface area contributed by atoms with Crippen LogP contribution in [-0.2, 0) is 0 Å². The molecule has 2 aromatic carbocycles. The average molecular weight is 385 g/mol. The summed E-state index contributed by atoms with van der Waals surface area (Å²) in [5.74, 6) is -0.770. The van der Waals surface area contributed by atoms with Gasteiger partial charge in [-0.05, 0) is 43.3 Å². The van der Waals surface area contributed by atoms with Gasteiger partial charge >= 0.3 is 11.7 Å². The third-order valence-electron chi connectivity index (χ3n) is 3.64. The van der Waals surface area contributed by atoms with E-state index in [-0.39, 0.29) is 17.0 Å². The molecule has 27 heavy (non-hydrogen) atoms. The van der Waals surface area contributed by atoms with Gasteiger partial charge in [0.25, 0.3) is 0 Å². The number of carboxylic acid groups (broad SMARTS) is 1. The Morgan fingerprint density at radius 1 is 1.30 bits per heavy atom. The number of aromatic nitrogens is 1. The first-order valence-corrected chi connectivity index (χ1v) is 8.83. The van der Waals surface area contributed by atoms with Crippen molar-refractivity contribution in [2.45, 2.75) is 6.92 Å². The number of anilines is 2. The van der Waals surface area contributed by atoms with E-state index in [1.807, 2.05) is 0 Å². The second kappa shape index (κ2) is 7.83. The van der Waals surface area contributed by atoms with Gasteiger partial charge in [-0.15, -0.1) is 11.3 Å². The summed E-state index contributed by atoms with van der Waals surface area (Å²) < 4.78 is 5.29. The second-order valence-electron chi connectivity index (χ2n) is 5.42. The Bertz CT molecular complexity index is 985. The van der Waals surface area contributed by atoms with Crippen molar-refractivity contribution in [1.82, 2.24) is 4.98 Å². The number of nitrogens with zero attached hydrogens (tertiary/aromatic N) is 2. The summed E-state index contributed by atoms with van der Waals surface area (Å²) in [5, 5.41) is 25.6. The zero-order chi connectivity index (χ0) is 19.4. The van der Waals surface area contributed by atoms with Crippen LogP contribution in [-0.4, -0.2) is 27.6 Å². The molecule has 8 nitrogen and oxygen atoms in total. The van der Waals surface area contributed by atoms with Gasteiger partial charge in [-0.2, -0.15) is 0 Å². The standard InChI is InChI=1S/C18H15N3O5S/c1-2-26-16-8-5-12(9-15(16)21(24)25)14-10-27-18(20-14)19-13-6-3-11(4-7-13)17(22)23/h3-10H,2H2,1H3,(H,19,20)(H,22,23). The predicted octanol–water partition coefficient (Wildman–Crippen LogP) is 4.56. The highest BCUT2D eigenvalue weighted by molar-refractivity contribution is 7.14. The van der Waals surface area contributed by atoms with E-state index in [0.29, 0.717) is 28.7 Å². The molecule has 3 rings (SSSR count). The lowest BCUT2D eigenvalue weighted by Gasteiger charge is -2.05. The van der Waals surface area contributed by atoms with E-state index in [1.54, 1.807) is 36.6 Å². The van der Waals surface area contributed by atoms with Crippen molar-refractivity contribution >= 4 is 33.8 Å². The zero-order valence-electron chi connectivity index (χ0n) is 14.2. The van der Waals surface area contributed by atoms with Gasteiger partial charge in [-0.25, -0.2) is 9.78 Å². The lowest BCUT2D eigenvalue weighted by atomic mass is 10.1. The molecule has 2 N–H and O–H groups in total. The molecule has 0 radical (unpaired) electrons. The highest BCUT2D eigenvalue weighted by Gasteiger charge is 2.17. The summed E-state index contributed by atoms with van der Waals surface area (Å²) in [6.07, 6.45) is 0. The number of benzene rings is 2. The Balaban J connectivity index is 1.82. The van der Waals surface area contributed by atoms with Crippen molar-refractivity contribution in [3.05, 3.63) is 63.5 Å². The Morgan fingerprint density at radius 2 is 2.04 bits per heavy atom. The van der Waals surface area contributed by atoms with Crippen molar-refractivity contribution in [2.24, 2.45) is 0 Å². The summed E-state index contributed by atoms with van der Waals surface area (Å²) in [5.41, 5.74) is 1.98. The van der Waals surface area contributed by atoms with Gasteiger partial charge in [0.15, 0.2) is 10.9 Å². The molecule has 1 aromatic heterocycles. The van der Waals surface area contributed by atoms with E-state index in [2.05, 4.69) is 10.3 Å². The van der Waals surface area contributed by atoms with Crippen LogP contribution in [0.2, 0.25) is 0 Å². The molecule has 9 heteroatoms. The van der Waals surface area contributed by atoms with Gasteiger partial charge in [0, 0.05) is 22.7 Å². The molecule has 0 atom stereocenters. The van der Waals surface area contributed by atoms with Crippen molar-refractivity contribution in [3.8, 4) is 17.0 Å². The third kappa shape index (κ3) is 4.21. The largest absolute Gasteiger partial charge is 0.487 e. The Kier molecular flexibility index (Phi) is 5.32. The number of rotatable bonds is 7. The molecule has 0 unspecified atom stereocenters. The Morgan fingerprint density at radius 3 is 2.67 bits per heavy atom. The fraction of sp³-hybridized carbons (Fsp3) is 0.111. The lowest BCUT2D eigenvalue weighted by Crippen LogP contribution is -1.98. The van der Waals surface area contributed by atoms with Crippen LogP contribution in [0.5, 0.6) is 5.75 Å². The van der Waals surface area contributed by atoms with E-state index in [1.165, 1.54) is 29.5 Å². The first-order valence-electron chi connectivity index (χ1n) is 7.95. The van der Waals surface area contributed by atoms with Gasteiger partial charge < -0.3 is 15.2 Å². The smallest absolute Gasteiger partial charge is 0.335 e. The minimum atomic E-state index is -0.991. The van der Waals surface area contributed by atoms with Crippen LogP contribution in [0.3, 0.4) is 0 Å². The fourth-order valence-electron chi connectivity index (χ4n) is 2.38. The fourth-order valence-corrected chi connectivity index (χ4v) is 3.12. The molecule has 1 heterocycles. The van der Waals surface area contributed by atoms with Crippen molar-refractivity contribution < 1.29 is 19.6 Å². The van der Waals surface area contributed by atoms with E-state index in [4.69, 9.17) is 9.84 Å². The molecular weight excluding hydrogens is 370 g/mol. The van der Waals surface area contributed by atoms with Gasteiger partial charge in [0.2, 0.25) is 0 Å². The number of ether oxygens (including phenoxy) is 1. The molecule has 0 saturated heterocycles. The molecule has 3 aromatic rings. The van der Waals surface area contributed by atoms with Gasteiger partial charge in [-0.3, -0.25) is 10.1 Å². The number of hydrogen-bond donors (Lipinski definition) is 2. The molecule has 0 saturated carbocycles. The Labute approximate surface area is 158 Å². The normalized spacial score (nSPS) is 10.4. The van der Waals surface area contributed by atoms with Crippen molar-refractivity contribution in [2.75, 3.05) is 11.9 Å². The first-order chi connectivity index (χ1) is 13.0. The number of nitro benzene ring substituents is 1. The first kappa shape index (κ1) is 18.3. The third-order valence-corrected chi connectivity index (χ3v) is 4.40. The predicted molar refractivity (Wildman–Crippen MR) is 102 cm³/mol. The molecule has 0 aliphatic heterocycles. The van der Waals surface area contributed by atoms with Gasteiger partial charge in [0.1, 0.15) is 0 Å². The molecular formula is C18H15N3O5S. The van der Waals surface area contributed by atoms with Crippen LogP contribution in [0, 0.1) is 10.1 Å². The molecule has 0 fully saturated rings. The van der Waals surface area contributed by atoms with E-state index >= 15 is 0 Å². The monoisotopic (exact) mass is 385 g/mol. The summed E-state index contributed by atoms with van der Waals surface area (Å²) in [4.78, 5) is 26.1. The number of aromatic carboxylic acids is 1. The number of carbonyl (C=O) groups is 1. The van der Waals surface area contributed by atoms with Crippen molar-refractivity contribution in [3.63, 3.8) is 0 Å². The molecule has 0 bridgehead atoms. The van der Waals surface area contributed by atoms with E-state index in [9.17, 15) is 14.9 Å². The number of thiazole rings is 1. The SMILES string of the molecule is CCOc1ccc(-c2csc(Nc3ccc(C(=O)O)cc3)n2)cc1[N+](=O)[O-]. The molecule has 0 aliphatic carbocycles. The Hall–Kier alpha value is -3.46. The van der Waals surface area contributed by atoms with Crippen LogP contribution in [0.15, 0.2) is 47.8 Å². The quantitative estimate of drug-likeness (QED) is 0.452. The highest BCUT2D eigenvalue weighted by Crippen LogP contribution is 2.34. The second-order valence-corrected chi connectivity index (χ2v) is 6.28. The number of nitro groups is 1. The minimum Gasteiger partial charge on any atom is -0.487 e. The highest BCUT2D eigenvalue weighted by atomic mass is 32.1. The number of carboxylic acids is 1. The molecule has 0 aliphatic rings. The number of nitrogens with one attached hydrogen (secondary N) is 1. The van der Waals surface area contributed by atoms with Gasteiger partial charge in [0.05, 0.1) is 22.8 Å². The maximum atomic E-state index is 11.3. The van der Waals surface area contributed by atoms with Crippen molar-refractivity contribution in [1.29, 1.82) is 0 Å². The summed E-state index contributed by atoms with van der Waals surface area (Å²) >= 11 is 1.34. The van der Waals surface area contributed by atoms with E-state index < -0.39 is 10.9 Å². The van der Waals surface area contributed by atoms with Crippen LogP contribution in [0.4, 0.5) is 16.5 Å². The average Bonchev–Trinajstić information content (AvgIpc) is 3.11. The maximum Gasteiger partial charge on any atom is 0.335 e. The topological polar surface area (TPSA) is 115 Å². The van der Waals surface area contributed by atoms with Crippen LogP contribution in [0.1, 0.15) is 17.3 Å². The van der Waals surface area contributed by atoms with E-state index in [0.717, 1.165) is 0 Å². The van der Waals surface area contributed by atoms with Crippen LogP contribution >= 0.6 is 11.3 Å². The molecule has 0 amide bonds. The molecule has 0 spiro atoms. The van der Waals surface area contributed by atoms with Crippen LogP contribution in [0.25, 0.3) is 11.3 Å². The minimum absolute atomic E-state index is 0.110. The zero-order valence-corrected chi connectivity index (χ0v) is 15.0. The summed E-state index contributed by atoms with van der Waals surface area (Å²) in [7, 11) is 0. The molecule has 138 valence electrons.